The maximum Gasteiger partial charge on any atom is 0.407 e. The van der Waals surface area contributed by atoms with Gasteiger partial charge in [-0.2, -0.15) is 0 Å². The van der Waals surface area contributed by atoms with Crippen molar-refractivity contribution in [2.24, 2.45) is 10.7 Å². The molecule has 0 radical (unpaired) electrons. The first kappa shape index (κ1) is 15.8. The SMILES string of the molecule is CC1=N[C@@H](CN)C(C)=C2C[C@H](NC(=O)OC(C)(C)C)CN12. The molecule has 0 saturated carbocycles. The van der Waals surface area contributed by atoms with Crippen LogP contribution in [0.2, 0.25) is 0 Å². The van der Waals surface area contributed by atoms with E-state index in [1.165, 1.54) is 11.3 Å². The lowest BCUT2D eigenvalue weighted by atomic mass is 10.0. The zero-order chi connectivity index (χ0) is 15.8. The fourth-order valence-corrected chi connectivity index (χ4v) is 2.82. The van der Waals surface area contributed by atoms with Gasteiger partial charge in [0, 0.05) is 25.2 Å². The molecule has 21 heavy (non-hydrogen) atoms. The van der Waals surface area contributed by atoms with Crippen LogP contribution in [0.1, 0.15) is 41.0 Å². The number of alkyl carbamates (subject to hydrolysis) is 1. The second-order valence-electron chi connectivity index (χ2n) is 6.72. The summed E-state index contributed by atoms with van der Waals surface area (Å²) in [6, 6.07) is 0.114. The van der Waals surface area contributed by atoms with E-state index in [-0.39, 0.29) is 18.2 Å². The summed E-state index contributed by atoms with van der Waals surface area (Å²) < 4.78 is 5.31. The van der Waals surface area contributed by atoms with E-state index in [0.29, 0.717) is 6.54 Å². The zero-order valence-corrected chi connectivity index (χ0v) is 13.6. The van der Waals surface area contributed by atoms with Gasteiger partial charge in [-0.3, -0.25) is 4.99 Å². The third-order valence-corrected chi connectivity index (χ3v) is 3.80. The Kier molecular flexibility index (Phi) is 4.27. The normalized spacial score (nSPS) is 25.6. The van der Waals surface area contributed by atoms with Crippen LogP contribution in [0.25, 0.3) is 0 Å². The summed E-state index contributed by atoms with van der Waals surface area (Å²) in [5, 5.41) is 2.94. The van der Waals surface area contributed by atoms with E-state index in [0.717, 1.165) is 18.8 Å². The van der Waals surface area contributed by atoms with Crippen molar-refractivity contribution >= 4 is 11.9 Å². The van der Waals surface area contributed by atoms with Crippen LogP contribution in [0.5, 0.6) is 0 Å². The van der Waals surface area contributed by atoms with E-state index in [1.807, 2.05) is 27.7 Å². The summed E-state index contributed by atoms with van der Waals surface area (Å²) in [6.07, 6.45) is 0.435. The molecule has 118 valence electrons. The van der Waals surface area contributed by atoms with Gasteiger partial charge in [-0.05, 0) is 40.2 Å². The first-order chi connectivity index (χ1) is 9.71. The number of amides is 1. The Morgan fingerprint density at radius 1 is 1.48 bits per heavy atom. The van der Waals surface area contributed by atoms with Crippen LogP contribution >= 0.6 is 0 Å². The predicted molar refractivity (Wildman–Crippen MR) is 83.1 cm³/mol. The third-order valence-electron chi connectivity index (χ3n) is 3.80. The minimum absolute atomic E-state index is 0.0477. The number of hydrogen-bond donors (Lipinski definition) is 2. The number of amidine groups is 1. The number of ether oxygens (including phenoxy) is 1. The highest BCUT2D eigenvalue weighted by molar-refractivity contribution is 5.84. The van der Waals surface area contributed by atoms with Crippen LogP contribution in [0.4, 0.5) is 4.79 Å². The number of aliphatic imine (C=N–C) groups is 1. The highest BCUT2D eigenvalue weighted by Crippen LogP contribution is 2.31. The predicted octanol–water partition coefficient (Wildman–Crippen LogP) is 1.62. The Bertz CT molecular complexity index is 490. The maximum absolute atomic E-state index is 11.9. The van der Waals surface area contributed by atoms with Gasteiger partial charge in [0.05, 0.1) is 12.1 Å². The first-order valence-electron chi connectivity index (χ1n) is 7.42. The van der Waals surface area contributed by atoms with Crippen molar-refractivity contribution in [1.29, 1.82) is 0 Å². The van der Waals surface area contributed by atoms with Gasteiger partial charge in [0.1, 0.15) is 11.4 Å². The van der Waals surface area contributed by atoms with Crippen LogP contribution in [0, 0.1) is 0 Å². The number of fused-ring (bicyclic) bond motifs is 1. The summed E-state index contributed by atoms with van der Waals surface area (Å²) in [7, 11) is 0. The Labute approximate surface area is 126 Å². The quantitative estimate of drug-likeness (QED) is 0.811. The minimum atomic E-state index is -0.479. The molecule has 2 rings (SSSR count). The number of carbonyl (C=O) groups is 1. The lowest BCUT2D eigenvalue weighted by Gasteiger charge is -2.29. The van der Waals surface area contributed by atoms with E-state index < -0.39 is 5.60 Å². The maximum atomic E-state index is 11.9. The first-order valence-corrected chi connectivity index (χ1v) is 7.42. The molecule has 2 aliphatic rings. The van der Waals surface area contributed by atoms with Gasteiger partial charge in [-0.25, -0.2) is 4.79 Å². The molecule has 1 fully saturated rings. The smallest absolute Gasteiger partial charge is 0.407 e. The highest BCUT2D eigenvalue weighted by Gasteiger charge is 2.35. The van der Waals surface area contributed by atoms with Crippen molar-refractivity contribution in [3.8, 4) is 0 Å². The molecule has 1 amide bonds. The molecule has 6 heteroatoms. The molecule has 2 atom stereocenters. The van der Waals surface area contributed by atoms with Crippen LogP contribution in [0.15, 0.2) is 16.3 Å². The van der Waals surface area contributed by atoms with Crippen LogP contribution in [0.3, 0.4) is 0 Å². The van der Waals surface area contributed by atoms with Crippen molar-refractivity contribution in [2.75, 3.05) is 13.1 Å². The molecular weight excluding hydrogens is 268 g/mol. The van der Waals surface area contributed by atoms with Crippen molar-refractivity contribution in [2.45, 2.75) is 58.7 Å². The monoisotopic (exact) mass is 294 g/mol. The van der Waals surface area contributed by atoms with Crippen molar-refractivity contribution in [3.63, 3.8) is 0 Å². The number of rotatable bonds is 2. The summed E-state index contributed by atoms with van der Waals surface area (Å²) >= 11 is 0. The fraction of sp³-hybridized carbons (Fsp3) is 0.733. The number of hydrogen-bond acceptors (Lipinski definition) is 5. The highest BCUT2D eigenvalue weighted by atomic mass is 16.6. The summed E-state index contributed by atoms with van der Waals surface area (Å²) in [4.78, 5) is 18.7. The number of carbonyl (C=O) groups excluding carboxylic acids is 1. The van der Waals surface area contributed by atoms with Crippen LogP contribution < -0.4 is 11.1 Å². The van der Waals surface area contributed by atoms with Gasteiger partial charge in [-0.15, -0.1) is 0 Å². The number of nitrogens with two attached hydrogens (primary N) is 1. The van der Waals surface area contributed by atoms with Crippen molar-refractivity contribution < 1.29 is 9.53 Å². The molecule has 2 aliphatic heterocycles. The Hall–Kier alpha value is -1.56. The molecule has 1 saturated heterocycles. The van der Waals surface area contributed by atoms with Crippen LogP contribution in [-0.4, -0.2) is 47.6 Å². The van der Waals surface area contributed by atoms with Crippen molar-refractivity contribution in [1.82, 2.24) is 10.2 Å². The van der Waals surface area contributed by atoms with E-state index >= 15 is 0 Å². The van der Waals surface area contributed by atoms with E-state index in [1.54, 1.807) is 0 Å². The molecule has 0 aromatic carbocycles. The molecule has 0 aromatic rings. The summed E-state index contributed by atoms with van der Waals surface area (Å²) in [5.74, 6) is 0.972. The second kappa shape index (κ2) is 5.67. The average molecular weight is 294 g/mol. The summed E-state index contributed by atoms with van der Waals surface area (Å²) in [5.41, 5.74) is 7.74. The van der Waals surface area contributed by atoms with Gasteiger partial charge in [0.15, 0.2) is 0 Å². The van der Waals surface area contributed by atoms with Gasteiger partial charge >= 0.3 is 6.09 Å². The van der Waals surface area contributed by atoms with Gasteiger partial charge in [0.25, 0.3) is 0 Å². The molecule has 3 N–H and O–H groups in total. The van der Waals surface area contributed by atoms with Gasteiger partial charge in [-0.1, -0.05) is 0 Å². The standard InChI is InChI=1S/C15H26N4O2/c1-9-12(7-16)17-10(2)19-8-11(6-13(9)19)18-14(20)21-15(3,4)5/h11-12H,6-8,16H2,1-5H3,(H,18,20)/t11-,12-/m0/s1. The Balaban J connectivity index is 2.04. The molecule has 0 spiro atoms. The Morgan fingerprint density at radius 3 is 2.71 bits per heavy atom. The average Bonchev–Trinajstić information content (AvgIpc) is 2.75. The fourth-order valence-electron chi connectivity index (χ4n) is 2.82. The molecule has 0 aromatic heterocycles. The molecule has 6 nitrogen and oxygen atoms in total. The minimum Gasteiger partial charge on any atom is -0.444 e. The van der Waals surface area contributed by atoms with Crippen molar-refractivity contribution in [3.05, 3.63) is 11.3 Å². The molecule has 2 heterocycles. The van der Waals surface area contributed by atoms with E-state index in [2.05, 4.69) is 22.1 Å². The molecule has 0 bridgehead atoms. The lowest BCUT2D eigenvalue weighted by molar-refractivity contribution is 0.0507. The molecule has 0 unspecified atom stereocenters. The summed E-state index contributed by atoms with van der Waals surface area (Å²) in [6.45, 7) is 10.9. The van der Waals surface area contributed by atoms with E-state index in [4.69, 9.17) is 10.5 Å². The zero-order valence-electron chi connectivity index (χ0n) is 13.6. The number of nitrogens with zero attached hydrogens (tertiary/aromatic N) is 2. The topological polar surface area (TPSA) is 79.9 Å². The van der Waals surface area contributed by atoms with Crippen LogP contribution in [-0.2, 0) is 4.74 Å². The van der Waals surface area contributed by atoms with Gasteiger partial charge in [0.2, 0.25) is 0 Å². The Morgan fingerprint density at radius 2 is 2.14 bits per heavy atom. The largest absolute Gasteiger partial charge is 0.444 e. The molecular formula is C15H26N4O2. The van der Waals surface area contributed by atoms with E-state index in [9.17, 15) is 4.79 Å². The lowest BCUT2D eigenvalue weighted by Crippen LogP contribution is -2.41. The number of nitrogens with one attached hydrogen (secondary N) is 1. The third kappa shape index (κ3) is 3.56. The van der Waals surface area contributed by atoms with Gasteiger partial charge < -0.3 is 20.7 Å². The second-order valence-corrected chi connectivity index (χ2v) is 6.72. The molecule has 0 aliphatic carbocycles.